The zero-order valence-electron chi connectivity index (χ0n) is 5.35. The van der Waals surface area contributed by atoms with Gasteiger partial charge in [-0.25, -0.2) is 0 Å². The minimum atomic E-state index is 0. The molecule has 62 valence electrons. The molecular weight excluding hydrogens is 338 g/mol. The van der Waals surface area contributed by atoms with Crippen molar-refractivity contribution in [2.24, 2.45) is 0 Å². The monoisotopic (exact) mass is 351 g/mol. The van der Waals surface area contributed by atoms with Crippen molar-refractivity contribution >= 4 is 0 Å². The van der Waals surface area contributed by atoms with E-state index in [0.29, 0.717) is 0 Å². The van der Waals surface area contributed by atoms with Crippen LogP contribution in [0.2, 0.25) is 0 Å². The van der Waals surface area contributed by atoms with E-state index in [1.165, 1.54) is 0 Å². The van der Waals surface area contributed by atoms with Crippen LogP contribution < -0.4 is 37.0 Å². The SMILES string of the molecule is N.N.N.N.N#N.N#N.[Cl-].[Os+6]. The first-order chi connectivity index (χ1) is 2.00. The maximum Gasteiger partial charge on any atom is 6.00 e. The molecule has 0 spiro atoms. The molecule has 0 bridgehead atoms. The van der Waals surface area contributed by atoms with Crippen LogP contribution in [0.4, 0.5) is 0 Å². The Balaban J connectivity index is -0.000000000833. The van der Waals surface area contributed by atoms with Gasteiger partial charge in [-0.1, -0.05) is 0 Å². The van der Waals surface area contributed by atoms with Crippen LogP contribution in [0.25, 0.3) is 0 Å². The van der Waals surface area contributed by atoms with Crippen molar-refractivity contribution < 1.29 is 32.2 Å². The molecule has 0 saturated heterocycles. The van der Waals surface area contributed by atoms with Crippen LogP contribution in [0.15, 0.2) is 0 Å². The average Bonchev–Trinajstić information content (AvgIpc) is 1.50. The summed E-state index contributed by atoms with van der Waals surface area (Å²) in [6.45, 7) is 0. The van der Waals surface area contributed by atoms with E-state index in [4.69, 9.17) is 21.6 Å². The van der Waals surface area contributed by atoms with Crippen molar-refractivity contribution in [2.45, 2.75) is 0 Å². The number of nitrogens with zero attached hydrogens (tertiary/aromatic N) is 4. The molecule has 10 heteroatoms. The van der Waals surface area contributed by atoms with Crippen molar-refractivity contribution in [3.63, 3.8) is 0 Å². The van der Waals surface area contributed by atoms with Gasteiger partial charge in [0.05, 0.1) is 0 Å². The van der Waals surface area contributed by atoms with Gasteiger partial charge in [-0.05, 0) is 0 Å². The number of rotatable bonds is 0. The van der Waals surface area contributed by atoms with Gasteiger partial charge >= 0.3 is 19.8 Å². The minimum absolute atomic E-state index is 0. The first-order valence-electron chi connectivity index (χ1n) is 0.400. The topological polar surface area (TPSA) is 235 Å². The van der Waals surface area contributed by atoms with Gasteiger partial charge in [0.25, 0.3) is 0 Å². The van der Waals surface area contributed by atoms with E-state index in [1.807, 2.05) is 0 Å². The molecule has 8 nitrogen and oxygen atoms in total. The third-order valence-electron chi connectivity index (χ3n) is 0. The van der Waals surface area contributed by atoms with Crippen LogP contribution in [0.3, 0.4) is 0 Å². The van der Waals surface area contributed by atoms with Crippen molar-refractivity contribution in [3.8, 4) is 0 Å². The second-order valence-corrected chi connectivity index (χ2v) is 0. The van der Waals surface area contributed by atoms with E-state index < -0.39 is 0 Å². The molecule has 0 fully saturated rings. The van der Waals surface area contributed by atoms with Gasteiger partial charge in [-0.3, -0.25) is 0 Å². The normalized spacial score (nSPS) is 0.400. The van der Waals surface area contributed by atoms with Crippen molar-refractivity contribution in [1.82, 2.24) is 24.6 Å². The Bertz CT molecular complexity index is 24.7. The van der Waals surface area contributed by atoms with Crippen LogP contribution >= 0.6 is 0 Å². The van der Waals surface area contributed by atoms with E-state index in [2.05, 4.69) is 0 Å². The zero-order chi connectivity index (χ0) is 4.00. The molecular formula is H12ClN8Os+5. The second-order valence-electron chi connectivity index (χ2n) is 0. The van der Waals surface area contributed by atoms with E-state index >= 15 is 0 Å². The van der Waals surface area contributed by atoms with Gasteiger partial charge in [0.2, 0.25) is 0 Å². The average molecular weight is 350 g/mol. The maximum absolute atomic E-state index is 6.00. The summed E-state index contributed by atoms with van der Waals surface area (Å²) in [5.41, 5.74) is 0. The summed E-state index contributed by atoms with van der Waals surface area (Å²) >= 11 is 0. The first-order valence-corrected chi connectivity index (χ1v) is 0.400. The molecule has 0 amide bonds. The van der Waals surface area contributed by atoms with E-state index in [-0.39, 0.29) is 56.8 Å². The molecule has 0 aliphatic heterocycles. The van der Waals surface area contributed by atoms with Gasteiger partial charge in [-0.2, -0.15) is 0 Å². The standard InChI is InChI=1S/ClH.2N2.4H3N.Os/c;2*1-2;;;;;/h1H;;;4*1H3;/q;;;;;;;+6/p-1. The smallest absolute Gasteiger partial charge is 1.00 e. The Morgan fingerprint density at radius 2 is 0.500 bits per heavy atom. The predicted octanol–water partition coefficient (Wildman–Crippen LogP) is -2.29. The van der Waals surface area contributed by atoms with E-state index in [0.717, 1.165) is 0 Å². The fourth-order valence-electron chi connectivity index (χ4n) is 0. The van der Waals surface area contributed by atoms with Gasteiger partial charge in [0.15, 0.2) is 0 Å². The van der Waals surface area contributed by atoms with Crippen molar-refractivity contribution in [2.75, 3.05) is 0 Å². The van der Waals surface area contributed by atoms with E-state index in [9.17, 15) is 0 Å². The molecule has 0 rings (SSSR count). The molecule has 0 unspecified atom stereocenters. The molecule has 0 aromatic carbocycles. The number of hydrogen-bond acceptors (Lipinski definition) is 8. The van der Waals surface area contributed by atoms with Gasteiger partial charge in [-0.15, -0.1) is 0 Å². The molecule has 10 heavy (non-hydrogen) atoms. The summed E-state index contributed by atoms with van der Waals surface area (Å²) < 4.78 is 0. The van der Waals surface area contributed by atoms with Crippen LogP contribution in [0.5, 0.6) is 0 Å². The van der Waals surface area contributed by atoms with E-state index in [1.54, 1.807) is 0 Å². The second kappa shape index (κ2) is 3210. The van der Waals surface area contributed by atoms with Crippen molar-refractivity contribution in [1.29, 1.82) is 21.6 Å². The maximum atomic E-state index is 6.00. The Morgan fingerprint density at radius 1 is 0.500 bits per heavy atom. The molecule has 12 N–H and O–H groups in total. The fraction of sp³-hybridized carbons (Fsp3) is 0. The first kappa shape index (κ1) is 276. The van der Waals surface area contributed by atoms with Crippen LogP contribution in [0, 0.1) is 21.6 Å². The summed E-state index contributed by atoms with van der Waals surface area (Å²) in [5.74, 6) is 0. The summed E-state index contributed by atoms with van der Waals surface area (Å²) in [7, 11) is 0. The molecule has 0 aromatic heterocycles. The number of hydrogen-bond donors (Lipinski definition) is 4. The van der Waals surface area contributed by atoms with Crippen LogP contribution in [-0.4, -0.2) is 0 Å². The summed E-state index contributed by atoms with van der Waals surface area (Å²) in [6.07, 6.45) is 0. The quantitative estimate of drug-likeness (QED) is 0.346. The number of halogens is 1. The Kier molecular flexibility index (Phi) is 88600. The third kappa shape index (κ3) is 2140. The molecule has 0 atom stereocenters. The third-order valence-corrected chi connectivity index (χ3v) is 0. The molecule has 0 aromatic rings. The molecule has 0 aliphatic carbocycles. The van der Waals surface area contributed by atoms with Gasteiger partial charge < -0.3 is 37.0 Å². The molecule has 0 saturated carbocycles. The molecule has 0 heterocycles. The summed E-state index contributed by atoms with van der Waals surface area (Å²) in [5, 5.41) is 24.0. The molecule has 0 radical (unpaired) electrons. The van der Waals surface area contributed by atoms with Crippen molar-refractivity contribution in [3.05, 3.63) is 0 Å². The fourth-order valence-corrected chi connectivity index (χ4v) is 0. The Hall–Kier alpha value is -0.394. The van der Waals surface area contributed by atoms with Crippen LogP contribution in [0.1, 0.15) is 0 Å². The largest absolute Gasteiger partial charge is 6.00 e. The predicted molar refractivity (Wildman–Crippen MR) is 27.0 cm³/mol. The zero-order valence-corrected chi connectivity index (χ0v) is 8.65. The summed E-state index contributed by atoms with van der Waals surface area (Å²) in [6, 6.07) is 0. The van der Waals surface area contributed by atoms with Crippen LogP contribution in [-0.2, 0) is 19.8 Å². The Labute approximate surface area is 78.8 Å². The summed E-state index contributed by atoms with van der Waals surface area (Å²) in [4.78, 5) is 0. The minimum Gasteiger partial charge on any atom is -1.00 e. The van der Waals surface area contributed by atoms with Gasteiger partial charge in [0, 0.05) is 21.6 Å². The molecule has 0 aliphatic rings. The Morgan fingerprint density at radius 3 is 0.500 bits per heavy atom. The van der Waals surface area contributed by atoms with Gasteiger partial charge in [0.1, 0.15) is 0 Å².